The molecule has 2 aromatic carbocycles. The van der Waals surface area contributed by atoms with Crippen molar-refractivity contribution in [2.75, 3.05) is 22.5 Å². The maximum Gasteiger partial charge on any atom is 0.238 e. The van der Waals surface area contributed by atoms with Gasteiger partial charge in [-0.2, -0.15) is 0 Å². The van der Waals surface area contributed by atoms with Crippen molar-refractivity contribution in [2.45, 2.75) is 56.8 Å². The Kier molecular flexibility index (Phi) is 8.04. The Morgan fingerprint density at radius 2 is 1.88 bits per heavy atom. The van der Waals surface area contributed by atoms with Crippen LogP contribution in [0.4, 0.5) is 11.4 Å². The summed E-state index contributed by atoms with van der Waals surface area (Å²) in [6.07, 6.45) is 0.875. The number of thioether (sulfide) groups is 1. The van der Waals surface area contributed by atoms with Gasteiger partial charge in [-0.3, -0.25) is 4.79 Å². The Morgan fingerprint density at radius 3 is 2.45 bits per heavy atom. The molecule has 0 fully saturated rings. The van der Waals surface area contributed by atoms with E-state index in [0.717, 1.165) is 29.9 Å². The van der Waals surface area contributed by atoms with E-state index in [1.807, 2.05) is 35.8 Å². The minimum Gasteiger partial charge on any atom is -0.369 e. The molecule has 1 amide bonds. The molecule has 178 valence electrons. The summed E-state index contributed by atoms with van der Waals surface area (Å²) in [5.74, 6) is 0.0495. The first-order chi connectivity index (χ1) is 15.6. The van der Waals surface area contributed by atoms with Gasteiger partial charge in [0.05, 0.1) is 21.7 Å². The van der Waals surface area contributed by atoms with Gasteiger partial charge >= 0.3 is 0 Å². The third-order valence-electron chi connectivity index (χ3n) is 5.24. The van der Waals surface area contributed by atoms with Crippen LogP contribution < -0.4 is 15.4 Å². The third-order valence-corrected chi connectivity index (χ3v) is 7.13. The highest BCUT2D eigenvalue weighted by atomic mass is 32.2. The smallest absolute Gasteiger partial charge is 0.238 e. The fraction of sp³-hybridized carbons (Fsp3) is 0.391. The quantitative estimate of drug-likeness (QED) is 0.416. The summed E-state index contributed by atoms with van der Waals surface area (Å²) in [6, 6.07) is 12.9. The molecule has 0 atom stereocenters. The van der Waals surface area contributed by atoms with E-state index < -0.39 is 10.0 Å². The Balaban J connectivity index is 1.71. The van der Waals surface area contributed by atoms with E-state index in [4.69, 9.17) is 5.14 Å². The van der Waals surface area contributed by atoms with Crippen molar-refractivity contribution in [1.29, 1.82) is 0 Å². The monoisotopic (exact) mass is 489 g/mol. The highest BCUT2D eigenvalue weighted by molar-refractivity contribution is 7.99. The molecule has 0 bridgehead atoms. The number of benzene rings is 2. The normalized spacial score (nSPS) is 11.8. The van der Waals surface area contributed by atoms with Gasteiger partial charge in [0.1, 0.15) is 0 Å². The van der Waals surface area contributed by atoms with Crippen molar-refractivity contribution >= 4 is 50.1 Å². The number of aryl methyl sites for hydroxylation is 1. The standard InChI is InChI=1S/C23H31N5O3S2/c1-5-13-28-21-12-11-19(33(24,30)31)14-20(21)26-23(28)32-15-22(29)25-17-7-9-18(10-8-17)27(6-2)16(3)4/h7-12,14,16H,5-6,13,15H2,1-4H3,(H,25,29)(H2,24,30,31). The number of nitrogens with two attached hydrogens (primary N) is 1. The molecule has 1 heterocycles. The largest absolute Gasteiger partial charge is 0.369 e. The Hall–Kier alpha value is -2.56. The third kappa shape index (κ3) is 6.07. The topological polar surface area (TPSA) is 110 Å². The minimum absolute atomic E-state index is 0.0213. The summed E-state index contributed by atoms with van der Waals surface area (Å²) in [4.78, 5) is 19.4. The molecule has 3 N–H and O–H groups in total. The van der Waals surface area contributed by atoms with Crippen LogP contribution in [0.3, 0.4) is 0 Å². The second-order valence-electron chi connectivity index (χ2n) is 8.01. The van der Waals surface area contributed by atoms with Gasteiger partial charge in [-0.05, 0) is 69.7 Å². The molecule has 33 heavy (non-hydrogen) atoms. The van der Waals surface area contributed by atoms with Crippen molar-refractivity contribution in [3.05, 3.63) is 42.5 Å². The molecule has 0 aliphatic rings. The first-order valence-corrected chi connectivity index (χ1v) is 13.5. The number of hydrogen-bond donors (Lipinski definition) is 2. The summed E-state index contributed by atoms with van der Waals surface area (Å²) in [5.41, 5.74) is 3.21. The fourth-order valence-corrected chi connectivity index (χ4v) is 5.10. The Bertz CT molecular complexity index is 1220. The van der Waals surface area contributed by atoms with Gasteiger partial charge in [0, 0.05) is 30.5 Å². The molecule has 3 rings (SSSR count). The highest BCUT2D eigenvalue weighted by Gasteiger charge is 2.16. The predicted molar refractivity (Wildman–Crippen MR) is 135 cm³/mol. The van der Waals surface area contributed by atoms with Gasteiger partial charge in [-0.15, -0.1) is 0 Å². The second kappa shape index (κ2) is 10.6. The first-order valence-electron chi connectivity index (χ1n) is 11.0. The zero-order chi connectivity index (χ0) is 24.2. The number of hydrogen-bond acceptors (Lipinski definition) is 6. The number of imidazole rings is 1. The lowest BCUT2D eigenvalue weighted by atomic mass is 10.2. The Morgan fingerprint density at radius 1 is 1.18 bits per heavy atom. The number of aromatic nitrogens is 2. The molecule has 0 spiro atoms. The van der Waals surface area contributed by atoms with Gasteiger partial charge in [0.15, 0.2) is 5.16 Å². The summed E-state index contributed by atoms with van der Waals surface area (Å²) in [5, 5.41) is 8.84. The summed E-state index contributed by atoms with van der Waals surface area (Å²) < 4.78 is 25.3. The van der Waals surface area contributed by atoms with Crippen LogP contribution in [0.2, 0.25) is 0 Å². The van der Waals surface area contributed by atoms with Crippen LogP contribution in [0.1, 0.15) is 34.1 Å². The van der Waals surface area contributed by atoms with E-state index in [0.29, 0.717) is 23.3 Å². The minimum atomic E-state index is -3.81. The number of carbonyl (C=O) groups is 1. The number of fused-ring (bicyclic) bond motifs is 1. The van der Waals surface area contributed by atoms with E-state index in [2.05, 4.69) is 36.0 Å². The molecule has 0 saturated heterocycles. The van der Waals surface area contributed by atoms with E-state index in [-0.39, 0.29) is 16.6 Å². The average Bonchev–Trinajstić information content (AvgIpc) is 3.10. The second-order valence-corrected chi connectivity index (χ2v) is 10.5. The van der Waals surface area contributed by atoms with Gasteiger partial charge in [0.2, 0.25) is 15.9 Å². The van der Waals surface area contributed by atoms with Crippen molar-refractivity contribution < 1.29 is 13.2 Å². The maximum atomic E-state index is 12.6. The van der Waals surface area contributed by atoms with Crippen molar-refractivity contribution in [3.8, 4) is 0 Å². The molecule has 8 nitrogen and oxygen atoms in total. The molecule has 0 aliphatic heterocycles. The van der Waals surface area contributed by atoms with Crippen LogP contribution in [0.25, 0.3) is 11.0 Å². The number of sulfonamides is 1. The molecule has 0 unspecified atom stereocenters. The van der Waals surface area contributed by atoms with Crippen LogP contribution in [-0.4, -0.2) is 42.2 Å². The van der Waals surface area contributed by atoms with Gasteiger partial charge in [-0.25, -0.2) is 18.5 Å². The number of nitrogens with zero attached hydrogens (tertiary/aromatic N) is 3. The average molecular weight is 490 g/mol. The lowest BCUT2D eigenvalue weighted by Gasteiger charge is -2.27. The Labute approximate surface area is 199 Å². The molecule has 1 aromatic heterocycles. The summed E-state index contributed by atoms with van der Waals surface area (Å²) in [7, 11) is -3.81. The van der Waals surface area contributed by atoms with Gasteiger partial charge in [0.25, 0.3) is 0 Å². The van der Waals surface area contributed by atoms with Crippen LogP contribution in [0.15, 0.2) is 52.5 Å². The summed E-state index contributed by atoms with van der Waals surface area (Å²) in [6.45, 7) is 10.1. The predicted octanol–water partition coefficient (Wildman–Crippen LogP) is 4.06. The molecule has 10 heteroatoms. The van der Waals surface area contributed by atoms with E-state index in [1.165, 1.54) is 23.9 Å². The fourth-order valence-electron chi connectivity index (χ4n) is 3.72. The number of nitrogens with one attached hydrogen (secondary N) is 1. The molecule has 0 radical (unpaired) electrons. The lowest BCUT2D eigenvalue weighted by molar-refractivity contribution is -0.113. The molecular formula is C23H31N5O3S2. The van der Waals surface area contributed by atoms with Crippen molar-refractivity contribution in [2.24, 2.45) is 5.14 Å². The number of carbonyl (C=O) groups excluding carboxylic acids is 1. The van der Waals surface area contributed by atoms with E-state index in [1.54, 1.807) is 6.07 Å². The van der Waals surface area contributed by atoms with Crippen molar-refractivity contribution in [3.63, 3.8) is 0 Å². The number of rotatable bonds is 10. The molecule has 3 aromatic rings. The molecular weight excluding hydrogens is 458 g/mol. The van der Waals surface area contributed by atoms with Crippen LogP contribution >= 0.6 is 11.8 Å². The molecule has 0 saturated carbocycles. The number of anilines is 2. The zero-order valence-corrected chi connectivity index (χ0v) is 21.0. The zero-order valence-electron chi connectivity index (χ0n) is 19.4. The summed E-state index contributed by atoms with van der Waals surface area (Å²) >= 11 is 1.32. The number of amides is 1. The SMILES string of the molecule is CCCn1c(SCC(=O)Nc2ccc(N(CC)C(C)C)cc2)nc2cc(S(N)(=O)=O)ccc21. The first kappa shape index (κ1) is 25.1. The maximum absolute atomic E-state index is 12.6. The molecule has 0 aliphatic carbocycles. The number of primary sulfonamides is 1. The van der Waals surface area contributed by atoms with E-state index >= 15 is 0 Å². The van der Waals surface area contributed by atoms with Gasteiger partial charge < -0.3 is 14.8 Å². The van der Waals surface area contributed by atoms with Gasteiger partial charge in [-0.1, -0.05) is 18.7 Å². The van der Waals surface area contributed by atoms with Crippen LogP contribution in [0.5, 0.6) is 0 Å². The lowest BCUT2D eigenvalue weighted by Crippen LogP contribution is -2.30. The van der Waals surface area contributed by atoms with E-state index in [9.17, 15) is 13.2 Å². The highest BCUT2D eigenvalue weighted by Crippen LogP contribution is 2.27. The van der Waals surface area contributed by atoms with Crippen LogP contribution in [0, 0.1) is 0 Å². The van der Waals surface area contributed by atoms with Crippen molar-refractivity contribution in [1.82, 2.24) is 9.55 Å². The van der Waals surface area contributed by atoms with Crippen LogP contribution in [-0.2, 0) is 21.4 Å².